The van der Waals surface area contributed by atoms with Crippen LogP contribution in [0.3, 0.4) is 0 Å². The molecule has 3 rings (SSSR count). The van der Waals surface area contributed by atoms with Crippen molar-refractivity contribution in [1.82, 2.24) is 10.2 Å². The molecule has 0 spiro atoms. The van der Waals surface area contributed by atoms with E-state index in [1.165, 1.54) is 0 Å². The van der Waals surface area contributed by atoms with Gasteiger partial charge in [-0.2, -0.15) is 0 Å². The smallest absolute Gasteiger partial charge is 0.410 e. The monoisotopic (exact) mass is 274 g/mol. The maximum Gasteiger partial charge on any atom is 0.410 e. The first kappa shape index (κ1) is 13.0. The fourth-order valence-corrected chi connectivity index (χ4v) is 2.97. The molecule has 2 bridgehead atoms. The van der Waals surface area contributed by atoms with Crippen molar-refractivity contribution in [2.45, 2.75) is 38.0 Å². The summed E-state index contributed by atoms with van der Waals surface area (Å²) in [5.41, 5.74) is 0.970. The summed E-state index contributed by atoms with van der Waals surface area (Å²) in [7, 11) is 0. The minimum atomic E-state index is -0.308. The van der Waals surface area contributed by atoms with Crippen molar-refractivity contribution >= 4 is 12.0 Å². The molecule has 1 N–H and O–H groups in total. The second-order valence-electron chi connectivity index (χ2n) is 5.34. The van der Waals surface area contributed by atoms with Gasteiger partial charge in [0.1, 0.15) is 6.61 Å². The highest BCUT2D eigenvalue weighted by Gasteiger charge is 2.41. The highest BCUT2D eigenvalue weighted by Crippen LogP contribution is 2.29. The first-order valence-corrected chi connectivity index (χ1v) is 7.00. The second kappa shape index (κ2) is 5.53. The van der Waals surface area contributed by atoms with Gasteiger partial charge in [0.25, 0.3) is 0 Å². The highest BCUT2D eigenvalue weighted by atomic mass is 16.6. The molecule has 2 heterocycles. The third-order valence-corrected chi connectivity index (χ3v) is 3.99. The summed E-state index contributed by atoms with van der Waals surface area (Å²) >= 11 is 0. The number of fused-ring (bicyclic) bond motifs is 2. The first-order chi connectivity index (χ1) is 9.74. The van der Waals surface area contributed by atoms with Crippen molar-refractivity contribution in [3.8, 4) is 0 Å². The minimum Gasteiger partial charge on any atom is -0.445 e. The van der Waals surface area contributed by atoms with Crippen LogP contribution in [0.25, 0.3) is 0 Å². The lowest BCUT2D eigenvalue weighted by Crippen LogP contribution is -2.42. The van der Waals surface area contributed by atoms with Gasteiger partial charge in [-0.15, -0.1) is 0 Å². The summed E-state index contributed by atoms with van der Waals surface area (Å²) in [5.74, 6) is 0.0260. The Hall–Kier alpha value is -2.04. The largest absolute Gasteiger partial charge is 0.445 e. The van der Waals surface area contributed by atoms with Gasteiger partial charge in [-0.3, -0.25) is 9.69 Å². The van der Waals surface area contributed by atoms with Gasteiger partial charge in [0, 0.05) is 19.0 Å². The van der Waals surface area contributed by atoms with E-state index < -0.39 is 0 Å². The van der Waals surface area contributed by atoms with Gasteiger partial charge >= 0.3 is 6.09 Å². The second-order valence-corrected chi connectivity index (χ2v) is 5.34. The topological polar surface area (TPSA) is 58.6 Å². The Labute approximate surface area is 117 Å². The lowest BCUT2D eigenvalue weighted by molar-refractivity contribution is -0.121. The number of rotatable bonds is 2. The van der Waals surface area contributed by atoms with Gasteiger partial charge in [-0.25, -0.2) is 4.79 Å². The van der Waals surface area contributed by atoms with Crippen molar-refractivity contribution in [3.05, 3.63) is 35.9 Å². The SMILES string of the molecule is O=C1CC2CCC(CN1)N2C(=O)OCc1ccccc1. The Kier molecular flexibility index (Phi) is 3.58. The van der Waals surface area contributed by atoms with Gasteiger partial charge in [0.2, 0.25) is 5.91 Å². The van der Waals surface area contributed by atoms with Crippen molar-refractivity contribution in [2.75, 3.05) is 6.54 Å². The number of hydrogen-bond acceptors (Lipinski definition) is 3. The summed E-state index contributed by atoms with van der Waals surface area (Å²) in [5, 5.41) is 2.85. The van der Waals surface area contributed by atoms with Crippen LogP contribution in [0.5, 0.6) is 0 Å². The van der Waals surface area contributed by atoms with Gasteiger partial charge in [-0.1, -0.05) is 30.3 Å². The quantitative estimate of drug-likeness (QED) is 0.892. The number of benzene rings is 1. The molecule has 2 saturated heterocycles. The predicted octanol–water partition coefficient (Wildman–Crippen LogP) is 1.68. The number of amides is 2. The predicted molar refractivity (Wildman–Crippen MR) is 72.9 cm³/mol. The van der Waals surface area contributed by atoms with Gasteiger partial charge < -0.3 is 10.1 Å². The van der Waals surface area contributed by atoms with E-state index in [9.17, 15) is 9.59 Å². The molecular formula is C15H18N2O3. The van der Waals surface area contributed by atoms with Crippen LogP contribution in [-0.2, 0) is 16.1 Å². The molecule has 2 unspecified atom stereocenters. The van der Waals surface area contributed by atoms with Crippen molar-refractivity contribution in [3.63, 3.8) is 0 Å². The molecule has 1 aromatic rings. The maximum atomic E-state index is 12.3. The third kappa shape index (κ3) is 2.61. The van der Waals surface area contributed by atoms with Crippen LogP contribution in [0.15, 0.2) is 30.3 Å². The van der Waals surface area contributed by atoms with Crippen molar-refractivity contribution < 1.29 is 14.3 Å². The molecule has 2 aliphatic heterocycles. The molecule has 0 aliphatic carbocycles. The molecule has 2 aliphatic rings. The van der Waals surface area contributed by atoms with Crippen LogP contribution in [0.4, 0.5) is 4.79 Å². The van der Waals surface area contributed by atoms with E-state index in [0.29, 0.717) is 13.0 Å². The van der Waals surface area contributed by atoms with Gasteiger partial charge in [0.05, 0.1) is 6.04 Å². The van der Waals surface area contributed by atoms with Crippen LogP contribution in [0, 0.1) is 0 Å². The molecule has 5 heteroatoms. The van der Waals surface area contributed by atoms with Gasteiger partial charge in [0.15, 0.2) is 0 Å². The third-order valence-electron chi connectivity index (χ3n) is 3.99. The number of carbonyl (C=O) groups excluding carboxylic acids is 2. The summed E-state index contributed by atoms with van der Waals surface area (Å²) in [6.07, 6.45) is 1.90. The van der Waals surface area contributed by atoms with E-state index >= 15 is 0 Å². The Morgan fingerprint density at radius 3 is 2.80 bits per heavy atom. The molecule has 5 nitrogen and oxygen atoms in total. The molecule has 1 aromatic carbocycles. The average molecular weight is 274 g/mol. The zero-order chi connectivity index (χ0) is 13.9. The van der Waals surface area contributed by atoms with E-state index in [4.69, 9.17) is 4.74 Å². The molecule has 106 valence electrons. The summed E-state index contributed by atoms with van der Waals surface area (Å²) < 4.78 is 5.39. The summed E-state index contributed by atoms with van der Waals surface area (Å²) in [6.45, 7) is 0.812. The molecule has 2 fully saturated rings. The lowest BCUT2D eigenvalue weighted by Gasteiger charge is -2.26. The number of hydrogen-bond donors (Lipinski definition) is 1. The molecule has 2 amide bonds. The highest BCUT2D eigenvalue weighted by molar-refractivity contribution is 5.79. The minimum absolute atomic E-state index is 0.00854. The zero-order valence-electron chi connectivity index (χ0n) is 11.2. The van der Waals surface area contributed by atoms with Crippen LogP contribution in [0.2, 0.25) is 0 Å². The first-order valence-electron chi connectivity index (χ1n) is 7.00. The number of nitrogens with zero attached hydrogens (tertiary/aromatic N) is 1. The number of ether oxygens (including phenoxy) is 1. The maximum absolute atomic E-state index is 12.3. The number of carbonyl (C=O) groups is 2. The fraction of sp³-hybridized carbons (Fsp3) is 0.467. The van der Waals surface area contributed by atoms with Crippen molar-refractivity contribution in [2.24, 2.45) is 0 Å². The zero-order valence-corrected chi connectivity index (χ0v) is 11.2. The Bertz CT molecular complexity index is 503. The van der Waals surface area contributed by atoms with E-state index in [0.717, 1.165) is 18.4 Å². The molecular weight excluding hydrogens is 256 g/mol. The van der Waals surface area contributed by atoms with Crippen LogP contribution in [-0.4, -0.2) is 35.5 Å². The van der Waals surface area contributed by atoms with E-state index in [2.05, 4.69) is 5.32 Å². The number of nitrogens with one attached hydrogen (secondary N) is 1. The van der Waals surface area contributed by atoms with E-state index in [-0.39, 0.29) is 30.7 Å². The van der Waals surface area contributed by atoms with Crippen LogP contribution in [0.1, 0.15) is 24.8 Å². The van der Waals surface area contributed by atoms with Crippen molar-refractivity contribution in [1.29, 1.82) is 0 Å². The lowest BCUT2D eigenvalue weighted by atomic mass is 10.1. The molecule has 2 atom stereocenters. The standard InChI is InChI=1S/C15H18N2O3/c18-14-8-12-6-7-13(9-16-14)17(12)15(19)20-10-11-4-2-1-3-5-11/h1-5,12-13H,6-10H2,(H,16,18). The fourth-order valence-electron chi connectivity index (χ4n) is 2.97. The van der Waals surface area contributed by atoms with Gasteiger partial charge in [-0.05, 0) is 18.4 Å². The van der Waals surface area contributed by atoms with E-state index in [1.807, 2.05) is 30.3 Å². The molecule has 0 radical (unpaired) electrons. The molecule has 0 aromatic heterocycles. The van der Waals surface area contributed by atoms with Crippen LogP contribution >= 0.6 is 0 Å². The molecule has 0 saturated carbocycles. The average Bonchev–Trinajstić information content (AvgIpc) is 2.77. The van der Waals surface area contributed by atoms with E-state index in [1.54, 1.807) is 4.90 Å². The summed E-state index contributed by atoms with van der Waals surface area (Å²) in [4.78, 5) is 25.5. The molecule has 20 heavy (non-hydrogen) atoms. The van der Waals surface area contributed by atoms with Crippen LogP contribution < -0.4 is 5.32 Å². The Morgan fingerprint density at radius 1 is 1.25 bits per heavy atom. The Morgan fingerprint density at radius 2 is 2.00 bits per heavy atom. The summed E-state index contributed by atoms with van der Waals surface area (Å²) in [6, 6.07) is 9.69. The Balaban J connectivity index is 1.63. The normalized spacial score (nSPS) is 25.0.